The van der Waals surface area contributed by atoms with E-state index in [0.29, 0.717) is 5.41 Å². The third-order valence-corrected chi connectivity index (χ3v) is 3.08. The van der Waals surface area contributed by atoms with Gasteiger partial charge in [-0.2, -0.15) is 0 Å². The van der Waals surface area contributed by atoms with Crippen LogP contribution in [-0.2, 0) is 0 Å². The molecule has 0 amide bonds. The maximum Gasteiger partial charge on any atom is -0.0349 e. The lowest BCUT2D eigenvalue weighted by molar-refractivity contribution is 0.0870. The van der Waals surface area contributed by atoms with Gasteiger partial charge in [0, 0.05) is 0 Å². The third-order valence-electron chi connectivity index (χ3n) is 3.08. The zero-order valence-electron chi connectivity index (χ0n) is 9.19. The van der Waals surface area contributed by atoms with Gasteiger partial charge in [-0.15, -0.1) is 0 Å². The Bertz CT molecular complexity index is 125. The van der Waals surface area contributed by atoms with Crippen LogP contribution in [-0.4, -0.2) is 0 Å². The van der Waals surface area contributed by atoms with Crippen LogP contribution in [0.1, 0.15) is 59.8 Å². The number of hydrogen-bond donors (Lipinski definition) is 0. The van der Waals surface area contributed by atoms with Gasteiger partial charge in [-0.3, -0.25) is 0 Å². The molecule has 0 spiro atoms. The highest BCUT2D eigenvalue weighted by atomic mass is 14.4. The van der Waals surface area contributed by atoms with Crippen LogP contribution in [0.15, 0.2) is 0 Å². The molecule has 0 nitrogen and oxygen atoms in total. The second-order valence-electron chi connectivity index (χ2n) is 5.76. The van der Waals surface area contributed by atoms with Gasteiger partial charge in [0.1, 0.15) is 0 Å². The molecule has 72 valence electrons. The fourth-order valence-electron chi connectivity index (χ4n) is 2.52. The van der Waals surface area contributed by atoms with Crippen LogP contribution in [0.3, 0.4) is 0 Å². The molecular weight excluding hydrogens is 144 g/mol. The summed E-state index contributed by atoms with van der Waals surface area (Å²) in [7, 11) is 0. The average molecular weight is 168 g/mol. The predicted molar refractivity (Wildman–Crippen MR) is 55.2 cm³/mol. The van der Waals surface area contributed by atoms with Crippen molar-refractivity contribution in [2.24, 2.45) is 17.3 Å². The first-order valence-corrected chi connectivity index (χ1v) is 5.49. The minimum atomic E-state index is 0.683. The Balaban J connectivity index is 1.97. The van der Waals surface area contributed by atoms with Crippen molar-refractivity contribution in [1.82, 2.24) is 0 Å². The van der Waals surface area contributed by atoms with Crippen LogP contribution in [0.5, 0.6) is 0 Å². The molecule has 0 heterocycles. The van der Waals surface area contributed by atoms with Gasteiger partial charge in [-0.1, -0.05) is 47.0 Å². The summed E-state index contributed by atoms with van der Waals surface area (Å²) in [5.41, 5.74) is 0.683. The summed E-state index contributed by atoms with van der Waals surface area (Å²) in [5, 5.41) is 0. The van der Waals surface area contributed by atoms with Gasteiger partial charge in [0.2, 0.25) is 0 Å². The molecule has 0 radical (unpaired) electrons. The molecular formula is C12H24. The number of hydrogen-bond acceptors (Lipinski definition) is 0. The van der Waals surface area contributed by atoms with Crippen molar-refractivity contribution >= 4 is 0 Å². The molecule has 12 heavy (non-hydrogen) atoms. The monoisotopic (exact) mass is 168 g/mol. The van der Waals surface area contributed by atoms with Crippen molar-refractivity contribution in [3.8, 4) is 0 Å². The highest BCUT2D eigenvalue weighted by Crippen LogP contribution is 2.46. The van der Waals surface area contributed by atoms with Crippen LogP contribution in [0.25, 0.3) is 0 Å². The molecule has 1 saturated carbocycles. The van der Waals surface area contributed by atoms with Gasteiger partial charge < -0.3 is 0 Å². The smallest absolute Gasteiger partial charge is 0.0349 e. The molecule has 1 aliphatic rings. The molecule has 1 aliphatic carbocycles. The fourth-order valence-corrected chi connectivity index (χ4v) is 2.52. The van der Waals surface area contributed by atoms with Gasteiger partial charge in [0.15, 0.2) is 0 Å². The zero-order valence-corrected chi connectivity index (χ0v) is 9.19. The predicted octanol–water partition coefficient (Wildman–Crippen LogP) is 4.25. The molecule has 0 aromatic carbocycles. The van der Waals surface area contributed by atoms with Crippen LogP contribution in [0.4, 0.5) is 0 Å². The highest BCUT2D eigenvalue weighted by molar-refractivity contribution is 4.86. The first kappa shape index (κ1) is 10.1. The third kappa shape index (κ3) is 3.16. The lowest BCUT2D eigenvalue weighted by Crippen LogP contribution is -2.31. The molecule has 0 aromatic rings. The Morgan fingerprint density at radius 3 is 2.25 bits per heavy atom. The molecule has 0 unspecified atom stereocenters. The molecule has 0 heteroatoms. The molecule has 0 N–H and O–H groups in total. The van der Waals surface area contributed by atoms with E-state index in [4.69, 9.17) is 0 Å². The van der Waals surface area contributed by atoms with Gasteiger partial charge in [0.25, 0.3) is 0 Å². The minimum Gasteiger partial charge on any atom is -0.0628 e. The maximum absolute atomic E-state index is 2.39. The van der Waals surface area contributed by atoms with Crippen molar-refractivity contribution in [3.63, 3.8) is 0 Å². The molecule has 0 saturated heterocycles. The maximum atomic E-state index is 2.39. The molecule has 0 bridgehead atoms. The van der Waals surface area contributed by atoms with E-state index < -0.39 is 0 Å². The normalized spacial score (nSPS) is 22.8. The summed E-state index contributed by atoms with van der Waals surface area (Å²) in [5.74, 6) is 1.97. The fraction of sp³-hybridized carbons (Fsp3) is 1.00. The van der Waals surface area contributed by atoms with E-state index in [-0.39, 0.29) is 0 Å². The zero-order chi connectivity index (χ0) is 9.19. The van der Waals surface area contributed by atoms with Gasteiger partial charge in [-0.05, 0) is 30.1 Å². The highest BCUT2D eigenvalue weighted by Gasteiger charge is 2.34. The van der Waals surface area contributed by atoms with E-state index in [1.807, 2.05) is 0 Å². The standard InChI is InChI=1S/C12H24/c1-10(2)6-5-7-11-8-12(3,4)9-11/h10-11H,5-9H2,1-4H3. The molecule has 0 aliphatic heterocycles. The van der Waals surface area contributed by atoms with E-state index in [1.165, 1.54) is 32.1 Å². The van der Waals surface area contributed by atoms with Crippen LogP contribution in [0, 0.1) is 17.3 Å². The van der Waals surface area contributed by atoms with Crippen molar-refractivity contribution in [1.29, 1.82) is 0 Å². The summed E-state index contributed by atoms with van der Waals surface area (Å²) in [4.78, 5) is 0. The van der Waals surface area contributed by atoms with Crippen molar-refractivity contribution < 1.29 is 0 Å². The van der Waals surface area contributed by atoms with Crippen LogP contribution >= 0.6 is 0 Å². The Kier molecular flexibility index (Phi) is 3.20. The van der Waals surface area contributed by atoms with Crippen molar-refractivity contribution in [2.75, 3.05) is 0 Å². The van der Waals surface area contributed by atoms with Crippen LogP contribution in [0.2, 0.25) is 0 Å². The largest absolute Gasteiger partial charge is 0.0628 e. The number of rotatable bonds is 4. The average Bonchev–Trinajstić information content (AvgIpc) is 1.82. The van der Waals surface area contributed by atoms with Crippen LogP contribution < -0.4 is 0 Å². The Labute approximate surface area is 77.7 Å². The summed E-state index contributed by atoms with van der Waals surface area (Å²) in [6.07, 6.45) is 7.33. The lowest BCUT2D eigenvalue weighted by Gasteiger charge is -2.43. The summed E-state index contributed by atoms with van der Waals surface area (Å²) in [6, 6.07) is 0. The van der Waals surface area contributed by atoms with Crippen molar-refractivity contribution in [2.45, 2.75) is 59.8 Å². The molecule has 1 rings (SSSR count). The van der Waals surface area contributed by atoms with Crippen molar-refractivity contribution in [3.05, 3.63) is 0 Å². The van der Waals surface area contributed by atoms with E-state index >= 15 is 0 Å². The molecule has 0 atom stereocenters. The van der Waals surface area contributed by atoms with Gasteiger partial charge in [-0.25, -0.2) is 0 Å². The van der Waals surface area contributed by atoms with E-state index in [2.05, 4.69) is 27.7 Å². The molecule has 1 fully saturated rings. The first-order chi connectivity index (χ1) is 5.49. The second kappa shape index (κ2) is 3.81. The lowest BCUT2D eigenvalue weighted by atomic mass is 9.63. The Morgan fingerprint density at radius 2 is 1.83 bits per heavy atom. The molecule has 0 aromatic heterocycles. The Hall–Kier alpha value is 0. The topological polar surface area (TPSA) is 0 Å². The van der Waals surface area contributed by atoms with Gasteiger partial charge >= 0.3 is 0 Å². The summed E-state index contributed by atoms with van der Waals surface area (Å²) in [6.45, 7) is 9.44. The quantitative estimate of drug-likeness (QED) is 0.588. The minimum absolute atomic E-state index is 0.683. The van der Waals surface area contributed by atoms with E-state index in [9.17, 15) is 0 Å². The second-order valence-corrected chi connectivity index (χ2v) is 5.76. The van der Waals surface area contributed by atoms with Gasteiger partial charge in [0.05, 0.1) is 0 Å². The Morgan fingerprint density at radius 1 is 1.25 bits per heavy atom. The SMILES string of the molecule is CC(C)CCCC1CC(C)(C)C1. The van der Waals surface area contributed by atoms with E-state index in [1.54, 1.807) is 0 Å². The van der Waals surface area contributed by atoms with E-state index in [0.717, 1.165) is 11.8 Å². The summed E-state index contributed by atoms with van der Waals surface area (Å²) >= 11 is 0. The summed E-state index contributed by atoms with van der Waals surface area (Å²) < 4.78 is 0. The first-order valence-electron chi connectivity index (χ1n) is 5.49.